The SMILES string of the molecule is Cl.Cl.OCC1(c2cccc(-c3ccccc3)n2)CCCNC1. The number of aromatic nitrogens is 1. The second-order valence-electron chi connectivity index (χ2n) is 5.49. The van der Waals surface area contributed by atoms with Gasteiger partial charge in [-0.2, -0.15) is 0 Å². The monoisotopic (exact) mass is 340 g/mol. The fraction of sp³-hybridized carbons (Fsp3) is 0.353. The lowest BCUT2D eigenvalue weighted by Crippen LogP contribution is -2.46. The van der Waals surface area contributed by atoms with Crippen LogP contribution in [0.4, 0.5) is 0 Å². The maximum atomic E-state index is 9.88. The van der Waals surface area contributed by atoms with Gasteiger partial charge >= 0.3 is 0 Å². The molecule has 0 radical (unpaired) electrons. The molecule has 1 saturated heterocycles. The number of piperidine rings is 1. The molecule has 5 heteroatoms. The number of nitrogens with one attached hydrogen (secondary N) is 1. The van der Waals surface area contributed by atoms with Gasteiger partial charge in [-0.25, -0.2) is 0 Å². The highest BCUT2D eigenvalue weighted by Crippen LogP contribution is 2.30. The van der Waals surface area contributed by atoms with Crippen LogP contribution in [0.5, 0.6) is 0 Å². The zero-order valence-corrected chi connectivity index (χ0v) is 14.0. The number of nitrogens with zero attached hydrogens (tertiary/aromatic N) is 1. The van der Waals surface area contributed by atoms with Crippen LogP contribution in [0.25, 0.3) is 11.3 Å². The van der Waals surface area contributed by atoms with E-state index < -0.39 is 0 Å². The van der Waals surface area contributed by atoms with Crippen molar-refractivity contribution in [3.05, 3.63) is 54.2 Å². The highest BCUT2D eigenvalue weighted by molar-refractivity contribution is 5.85. The molecule has 1 aliphatic heterocycles. The lowest BCUT2D eigenvalue weighted by atomic mass is 9.78. The molecule has 120 valence electrons. The van der Waals surface area contributed by atoms with Crippen molar-refractivity contribution in [2.45, 2.75) is 18.3 Å². The average molecular weight is 341 g/mol. The van der Waals surface area contributed by atoms with Gasteiger partial charge in [0.2, 0.25) is 0 Å². The number of hydrogen-bond acceptors (Lipinski definition) is 3. The van der Waals surface area contributed by atoms with Crippen molar-refractivity contribution in [3.63, 3.8) is 0 Å². The van der Waals surface area contributed by atoms with Crippen LogP contribution in [0.3, 0.4) is 0 Å². The van der Waals surface area contributed by atoms with Crippen LogP contribution in [-0.4, -0.2) is 29.8 Å². The summed E-state index contributed by atoms with van der Waals surface area (Å²) < 4.78 is 0. The normalized spacial score (nSPS) is 20.6. The highest BCUT2D eigenvalue weighted by atomic mass is 35.5. The Morgan fingerprint density at radius 2 is 1.82 bits per heavy atom. The second kappa shape index (κ2) is 8.49. The molecule has 2 N–H and O–H groups in total. The molecular formula is C17H22Cl2N2O. The Morgan fingerprint density at radius 1 is 1.05 bits per heavy atom. The molecule has 0 aliphatic carbocycles. The van der Waals surface area contributed by atoms with Crippen LogP contribution in [0.15, 0.2) is 48.5 Å². The van der Waals surface area contributed by atoms with E-state index in [1.807, 2.05) is 36.4 Å². The molecule has 0 bridgehead atoms. The van der Waals surface area contributed by atoms with Crippen LogP contribution in [0, 0.1) is 0 Å². The van der Waals surface area contributed by atoms with Crippen molar-refractivity contribution in [1.82, 2.24) is 10.3 Å². The third-order valence-electron chi connectivity index (χ3n) is 4.14. The van der Waals surface area contributed by atoms with Crippen LogP contribution in [0.1, 0.15) is 18.5 Å². The summed E-state index contributed by atoms with van der Waals surface area (Å²) in [5.41, 5.74) is 2.85. The Balaban J connectivity index is 0.00000121. The first kappa shape index (κ1) is 18.9. The molecular weight excluding hydrogens is 319 g/mol. The molecule has 1 fully saturated rings. The lowest BCUT2D eigenvalue weighted by molar-refractivity contribution is 0.159. The van der Waals surface area contributed by atoms with E-state index in [0.29, 0.717) is 0 Å². The molecule has 1 unspecified atom stereocenters. The molecule has 1 aromatic heterocycles. The van der Waals surface area contributed by atoms with E-state index in [-0.39, 0.29) is 36.8 Å². The average Bonchev–Trinajstić information content (AvgIpc) is 2.56. The van der Waals surface area contributed by atoms with Crippen molar-refractivity contribution in [2.24, 2.45) is 0 Å². The van der Waals surface area contributed by atoms with Crippen molar-refractivity contribution < 1.29 is 5.11 Å². The van der Waals surface area contributed by atoms with Crippen molar-refractivity contribution in [3.8, 4) is 11.3 Å². The summed E-state index contributed by atoms with van der Waals surface area (Å²) in [5.74, 6) is 0. The maximum absolute atomic E-state index is 9.88. The number of hydrogen-bond donors (Lipinski definition) is 2. The van der Waals surface area contributed by atoms with Gasteiger partial charge in [-0.1, -0.05) is 36.4 Å². The zero-order chi connectivity index (χ0) is 13.8. The van der Waals surface area contributed by atoms with Crippen LogP contribution >= 0.6 is 24.8 Å². The number of benzene rings is 1. The highest BCUT2D eigenvalue weighted by Gasteiger charge is 2.34. The number of aliphatic hydroxyl groups is 1. The number of pyridine rings is 1. The fourth-order valence-corrected chi connectivity index (χ4v) is 2.90. The van der Waals surface area contributed by atoms with E-state index in [1.54, 1.807) is 0 Å². The van der Waals surface area contributed by atoms with Crippen LogP contribution in [0.2, 0.25) is 0 Å². The molecule has 3 rings (SSSR count). The van der Waals surface area contributed by atoms with E-state index in [9.17, 15) is 5.11 Å². The van der Waals surface area contributed by atoms with Crippen molar-refractivity contribution in [2.75, 3.05) is 19.7 Å². The minimum absolute atomic E-state index is 0. The van der Waals surface area contributed by atoms with Gasteiger partial charge in [0.05, 0.1) is 18.0 Å². The number of rotatable bonds is 3. The number of halogens is 2. The Hall–Kier alpha value is -1.13. The molecule has 1 aliphatic rings. The number of aliphatic hydroxyl groups excluding tert-OH is 1. The van der Waals surface area contributed by atoms with E-state index in [1.165, 1.54) is 0 Å². The minimum Gasteiger partial charge on any atom is -0.395 e. The van der Waals surface area contributed by atoms with Gasteiger partial charge in [-0.05, 0) is 31.5 Å². The Labute approximate surface area is 144 Å². The standard InChI is InChI=1S/C17H20N2O.2ClH/c20-13-17(10-5-11-18-12-17)16-9-4-8-15(19-16)14-6-2-1-3-7-14;;/h1-4,6-9,18,20H,5,10-13H2;2*1H. The van der Waals surface area contributed by atoms with E-state index in [4.69, 9.17) is 4.98 Å². The molecule has 0 saturated carbocycles. The summed E-state index contributed by atoms with van der Waals surface area (Å²) in [7, 11) is 0. The smallest absolute Gasteiger partial charge is 0.0705 e. The molecule has 22 heavy (non-hydrogen) atoms. The van der Waals surface area contributed by atoms with Crippen molar-refractivity contribution in [1.29, 1.82) is 0 Å². The molecule has 2 aromatic rings. The van der Waals surface area contributed by atoms with Crippen LogP contribution < -0.4 is 5.32 Å². The molecule has 1 atom stereocenters. The third kappa shape index (κ3) is 3.79. The van der Waals surface area contributed by atoms with Gasteiger partial charge in [-0.3, -0.25) is 4.98 Å². The molecule has 2 heterocycles. The van der Waals surface area contributed by atoms with E-state index >= 15 is 0 Å². The summed E-state index contributed by atoms with van der Waals surface area (Å²) in [5, 5.41) is 13.3. The quantitative estimate of drug-likeness (QED) is 0.901. The molecule has 1 aromatic carbocycles. The van der Waals surface area contributed by atoms with Gasteiger partial charge < -0.3 is 10.4 Å². The third-order valence-corrected chi connectivity index (χ3v) is 4.14. The molecule has 0 amide bonds. The fourth-order valence-electron chi connectivity index (χ4n) is 2.90. The summed E-state index contributed by atoms with van der Waals surface area (Å²) in [6, 6.07) is 16.3. The summed E-state index contributed by atoms with van der Waals surface area (Å²) in [4.78, 5) is 4.81. The Morgan fingerprint density at radius 3 is 2.45 bits per heavy atom. The first-order chi connectivity index (χ1) is 9.84. The summed E-state index contributed by atoms with van der Waals surface area (Å²) in [6.45, 7) is 1.97. The Bertz CT molecular complexity index is 572. The first-order valence-electron chi connectivity index (χ1n) is 7.19. The van der Waals surface area contributed by atoms with Crippen molar-refractivity contribution >= 4 is 24.8 Å². The summed E-state index contributed by atoms with van der Waals surface area (Å²) in [6.07, 6.45) is 2.07. The predicted molar refractivity (Wildman–Crippen MR) is 95.0 cm³/mol. The second-order valence-corrected chi connectivity index (χ2v) is 5.49. The summed E-state index contributed by atoms with van der Waals surface area (Å²) >= 11 is 0. The largest absolute Gasteiger partial charge is 0.395 e. The molecule has 3 nitrogen and oxygen atoms in total. The topological polar surface area (TPSA) is 45.2 Å². The van der Waals surface area contributed by atoms with Gasteiger partial charge in [0.25, 0.3) is 0 Å². The zero-order valence-electron chi connectivity index (χ0n) is 12.4. The minimum atomic E-state index is -0.233. The Kier molecular flexibility index (Phi) is 7.30. The van der Waals surface area contributed by atoms with Gasteiger partial charge in [0.1, 0.15) is 0 Å². The van der Waals surface area contributed by atoms with E-state index in [0.717, 1.165) is 42.9 Å². The maximum Gasteiger partial charge on any atom is 0.0705 e. The van der Waals surface area contributed by atoms with Gasteiger partial charge in [-0.15, -0.1) is 24.8 Å². The lowest BCUT2D eigenvalue weighted by Gasteiger charge is -2.35. The van der Waals surface area contributed by atoms with E-state index in [2.05, 4.69) is 17.4 Å². The van der Waals surface area contributed by atoms with Gasteiger partial charge in [0, 0.05) is 17.5 Å². The molecule has 0 spiro atoms. The van der Waals surface area contributed by atoms with Gasteiger partial charge in [0.15, 0.2) is 0 Å². The first-order valence-corrected chi connectivity index (χ1v) is 7.19. The van der Waals surface area contributed by atoms with Crippen LogP contribution in [-0.2, 0) is 5.41 Å². The predicted octanol–water partition coefficient (Wildman–Crippen LogP) is 3.21.